The topological polar surface area (TPSA) is 25.2 Å². The zero-order valence-corrected chi connectivity index (χ0v) is 12.0. The molecule has 2 nitrogen and oxygen atoms in total. The molecule has 1 aromatic carbocycles. The monoisotopic (exact) mass is 313 g/mol. The summed E-state index contributed by atoms with van der Waals surface area (Å²) < 4.78 is 6.45. The van der Waals surface area contributed by atoms with E-state index in [1.807, 2.05) is 44.2 Å². The van der Waals surface area contributed by atoms with Crippen LogP contribution in [0.1, 0.15) is 24.5 Å². The van der Waals surface area contributed by atoms with Crippen LogP contribution in [-0.2, 0) is 0 Å². The molecule has 0 aliphatic heterocycles. The predicted molar refractivity (Wildman–Crippen MR) is 74.6 cm³/mol. The van der Waals surface area contributed by atoms with Crippen LogP contribution in [0.25, 0.3) is 0 Å². The summed E-state index contributed by atoms with van der Waals surface area (Å²) in [5, 5.41) is 4.05. The van der Waals surface area contributed by atoms with Gasteiger partial charge in [-0.05, 0) is 54.0 Å². The van der Waals surface area contributed by atoms with Crippen molar-refractivity contribution in [3.05, 3.63) is 51.3 Å². The summed E-state index contributed by atoms with van der Waals surface area (Å²) in [7, 11) is 0. The van der Waals surface area contributed by atoms with E-state index in [0.717, 1.165) is 21.7 Å². The first kappa shape index (κ1) is 12.5. The van der Waals surface area contributed by atoms with Crippen molar-refractivity contribution in [3.63, 3.8) is 0 Å². The first-order chi connectivity index (χ1) is 8.08. The molecule has 0 amide bonds. The van der Waals surface area contributed by atoms with Crippen LogP contribution in [0.15, 0.2) is 39.2 Å². The van der Waals surface area contributed by atoms with Crippen LogP contribution in [0.2, 0.25) is 5.02 Å². The molecule has 0 aliphatic carbocycles. The maximum Gasteiger partial charge on any atom is 0.126 e. The molecular weight excluding hydrogens is 302 g/mol. The number of hydrogen-bond acceptors (Lipinski definition) is 2. The second kappa shape index (κ2) is 5.15. The van der Waals surface area contributed by atoms with Crippen LogP contribution in [-0.4, -0.2) is 0 Å². The molecule has 0 fully saturated rings. The Hall–Kier alpha value is -0.930. The Morgan fingerprint density at radius 3 is 2.71 bits per heavy atom. The number of halogens is 2. The molecule has 2 rings (SSSR count). The first-order valence-electron chi connectivity index (χ1n) is 5.35. The van der Waals surface area contributed by atoms with Crippen molar-refractivity contribution < 1.29 is 4.42 Å². The number of benzene rings is 1. The number of aryl methyl sites for hydroxylation is 1. The zero-order valence-electron chi connectivity index (χ0n) is 9.63. The van der Waals surface area contributed by atoms with Gasteiger partial charge in [-0.1, -0.05) is 17.7 Å². The van der Waals surface area contributed by atoms with Gasteiger partial charge in [-0.15, -0.1) is 0 Å². The van der Waals surface area contributed by atoms with E-state index >= 15 is 0 Å². The fourth-order valence-corrected chi connectivity index (χ4v) is 2.16. The normalized spacial score (nSPS) is 12.5. The fourth-order valence-electron chi connectivity index (χ4n) is 1.61. The maximum atomic E-state index is 6.04. The Kier molecular flexibility index (Phi) is 3.79. The van der Waals surface area contributed by atoms with Crippen molar-refractivity contribution in [1.29, 1.82) is 0 Å². The van der Waals surface area contributed by atoms with Crippen LogP contribution in [0.3, 0.4) is 0 Å². The van der Waals surface area contributed by atoms with Gasteiger partial charge >= 0.3 is 0 Å². The summed E-state index contributed by atoms with van der Waals surface area (Å²) in [6.45, 7) is 3.98. The van der Waals surface area contributed by atoms with Crippen molar-refractivity contribution in [2.24, 2.45) is 0 Å². The minimum atomic E-state index is 0.0958. The highest BCUT2D eigenvalue weighted by molar-refractivity contribution is 9.10. The molecule has 1 N–H and O–H groups in total. The molecule has 0 saturated heterocycles. The van der Waals surface area contributed by atoms with Gasteiger partial charge in [-0.2, -0.15) is 0 Å². The average Bonchev–Trinajstić information content (AvgIpc) is 2.72. The van der Waals surface area contributed by atoms with Crippen molar-refractivity contribution >= 4 is 33.2 Å². The third-order valence-electron chi connectivity index (χ3n) is 2.51. The third kappa shape index (κ3) is 2.85. The van der Waals surface area contributed by atoms with Gasteiger partial charge in [0.1, 0.15) is 11.5 Å². The molecule has 90 valence electrons. The highest BCUT2D eigenvalue weighted by Crippen LogP contribution is 2.32. The number of furan rings is 1. The van der Waals surface area contributed by atoms with Gasteiger partial charge in [0, 0.05) is 0 Å². The van der Waals surface area contributed by atoms with E-state index in [9.17, 15) is 0 Å². The Morgan fingerprint density at radius 2 is 2.06 bits per heavy atom. The molecule has 1 aromatic heterocycles. The Labute approximate surface area is 114 Å². The van der Waals surface area contributed by atoms with Crippen LogP contribution in [0.4, 0.5) is 5.69 Å². The van der Waals surface area contributed by atoms with E-state index < -0.39 is 0 Å². The smallest absolute Gasteiger partial charge is 0.126 e. The summed E-state index contributed by atoms with van der Waals surface area (Å²) >= 11 is 9.50. The quantitative estimate of drug-likeness (QED) is 0.844. The fraction of sp³-hybridized carbons (Fsp3) is 0.231. The van der Waals surface area contributed by atoms with E-state index in [2.05, 4.69) is 21.2 Å². The van der Waals surface area contributed by atoms with Gasteiger partial charge in [0.15, 0.2) is 0 Å². The second-order valence-corrected chi connectivity index (χ2v) is 5.12. The summed E-state index contributed by atoms with van der Waals surface area (Å²) in [5.41, 5.74) is 0.957. The van der Waals surface area contributed by atoms with E-state index in [1.54, 1.807) is 0 Å². The summed E-state index contributed by atoms with van der Waals surface area (Å²) in [5.74, 6) is 1.83. The van der Waals surface area contributed by atoms with Crippen LogP contribution < -0.4 is 5.32 Å². The lowest BCUT2D eigenvalue weighted by molar-refractivity contribution is 0.467. The lowest BCUT2D eigenvalue weighted by Crippen LogP contribution is -2.06. The molecule has 0 radical (unpaired) electrons. The summed E-state index contributed by atoms with van der Waals surface area (Å²) in [4.78, 5) is 0. The minimum Gasteiger partial charge on any atom is -0.464 e. The van der Waals surface area contributed by atoms with Gasteiger partial charge in [0.05, 0.1) is 21.2 Å². The maximum absolute atomic E-state index is 6.04. The van der Waals surface area contributed by atoms with E-state index in [-0.39, 0.29) is 6.04 Å². The molecule has 1 atom stereocenters. The predicted octanol–water partition coefficient (Wildman–Crippen LogP) is 5.18. The highest BCUT2D eigenvalue weighted by Gasteiger charge is 2.11. The number of anilines is 1. The van der Waals surface area contributed by atoms with Crippen molar-refractivity contribution in [2.45, 2.75) is 19.9 Å². The minimum absolute atomic E-state index is 0.0958. The number of hydrogen-bond donors (Lipinski definition) is 1. The number of nitrogens with one attached hydrogen (secondary N) is 1. The largest absolute Gasteiger partial charge is 0.464 e. The van der Waals surface area contributed by atoms with Gasteiger partial charge in [-0.3, -0.25) is 0 Å². The van der Waals surface area contributed by atoms with Crippen molar-refractivity contribution in [2.75, 3.05) is 5.32 Å². The van der Waals surface area contributed by atoms with Crippen molar-refractivity contribution in [3.8, 4) is 0 Å². The van der Waals surface area contributed by atoms with Gasteiger partial charge in [-0.25, -0.2) is 0 Å². The Bertz CT molecular complexity index is 524. The molecule has 17 heavy (non-hydrogen) atoms. The molecular formula is C13H13BrClNO. The molecule has 0 saturated carbocycles. The molecule has 1 unspecified atom stereocenters. The van der Waals surface area contributed by atoms with Gasteiger partial charge < -0.3 is 9.73 Å². The SMILES string of the molecule is Cc1ccc(C(C)Nc2cccc(Cl)c2Br)o1. The van der Waals surface area contributed by atoms with E-state index in [0.29, 0.717) is 5.02 Å². The Balaban J connectivity index is 2.18. The lowest BCUT2D eigenvalue weighted by atomic mass is 10.2. The lowest BCUT2D eigenvalue weighted by Gasteiger charge is -2.14. The molecule has 2 aromatic rings. The van der Waals surface area contributed by atoms with Crippen LogP contribution in [0.5, 0.6) is 0 Å². The average molecular weight is 315 g/mol. The molecule has 0 bridgehead atoms. The summed E-state index contributed by atoms with van der Waals surface area (Å²) in [6.07, 6.45) is 0. The highest BCUT2D eigenvalue weighted by atomic mass is 79.9. The second-order valence-electron chi connectivity index (χ2n) is 3.92. The van der Waals surface area contributed by atoms with Crippen LogP contribution in [0, 0.1) is 6.92 Å². The summed E-state index contributed by atoms with van der Waals surface area (Å²) in [6, 6.07) is 9.76. The van der Waals surface area contributed by atoms with E-state index in [1.165, 1.54) is 0 Å². The van der Waals surface area contributed by atoms with Gasteiger partial charge in [0.2, 0.25) is 0 Å². The van der Waals surface area contributed by atoms with E-state index in [4.69, 9.17) is 16.0 Å². The Morgan fingerprint density at radius 1 is 1.29 bits per heavy atom. The number of rotatable bonds is 3. The molecule has 0 aliphatic rings. The molecule has 4 heteroatoms. The molecule has 1 heterocycles. The standard InChI is InChI=1S/C13H13BrClNO/c1-8-6-7-12(17-8)9(2)16-11-5-3-4-10(15)13(11)14/h3-7,9,16H,1-2H3. The van der Waals surface area contributed by atoms with Crippen molar-refractivity contribution in [1.82, 2.24) is 0 Å². The van der Waals surface area contributed by atoms with Gasteiger partial charge in [0.25, 0.3) is 0 Å². The van der Waals surface area contributed by atoms with Crippen LogP contribution >= 0.6 is 27.5 Å². The zero-order chi connectivity index (χ0) is 12.4. The third-order valence-corrected chi connectivity index (χ3v) is 3.91. The molecule has 0 spiro atoms. The first-order valence-corrected chi connectivity index (χ1v) is 6.52.